The summed E-state index contributed by atoms with van der Waals surface area (Å²) < 4.78 is 0. The van der Waals surface area contributed by atoms with Crippen LogP contribution in [0.2, 0.25) is 0 Å². The molecule has 1 rings (SSSR count). The van der Waals surface area contributed by atoms with Crippen molar-refractivity contribution in [2.24, 2.45) is 11.3 Å². The van der Waals surface area contributed by atoms with Gasteiger partial charge in [-0.2, -0.15) is 0 Å². The van der Waals surface area contributed by atoms with Crippen LogP contribution < -0.4 is 0 Å². The Morgan fingerprint density at radius 2 is 2.13 bits per heavy atom. The van der Waals surface area contributed by atoms with Crippen LogP contribution >= 0.6 is 0 Å². The Morgan fingerprint density at radius 3 is 2.60 bits per heavy atom. The smallest absolute Gasteiger partial charge is 0.303 e. The highest BCUT2D eigenvalue weighted by Crippen LogP contribution is 2.41. The molecule has 1 aliphatic carbocycles. The topological polar surface area (TPSA) is 57.5 Å². The van der Waals surface area contributed by atoms with Gasteiger partial charge in [0, 0.05) is 6.42 Å². The first-order chi connectivity index (χ1) is 6.83. The van der Waals surface area contributed by atoms with Crippen LogP contribution in [-0.4, -0.2) is 16.2 Å². The van der Waals surface area contributed by atoms with Crippen molar-refractivity contribution in [3.8, 4) is 0 Å². The van der Waals surface area contributed by atoms with Crippen molar-refractivity contribution in [3.63, 3.8) is 0 Å². The van der Waals surface area contributed by atoms with E-state index in [0.29, 0.717) is 6.42 Å². The summed E-state index contributed by atoms with van der Waals surface area (Å²) in [5.74, 6) is -0.286. The van der Waals surface area contributed by atoms with E-state index in [1.807, 2.05) is 20.8 Å². The average molecular weight is 210 g/mol. The van der Waals surface area contributed by atoms with Crippen LogP contribution in [-0.2, 0) is 4.79 Å². The van der Waals surface area contributed by atoms with Crippen LogP contribution in [0.3, 0.4) is 0 Å². The minimum absolute atomic E-state index is 0.168. The van der Waals surface area contributed by atoms with Crippen molar-refractivity contribution < 1.29 is 15.0 Å². The van der Waals surface area contributed by atoms with Crippen molar-refractivity contribution in [1.82, 2.24) is 0 Å². The van der Waals surface area contributed by atoms with E-state index in [2.05, 4.69) is 0 Å². The summed E-state index contributed by atoms with van der Waals surface area (Å²) in [6.07, 6.45) is 4.31. The van der Waals surface area contributed by atoms with Gasteiger partial charge in [0.15, 0.2) is 0 Å². The fraction of sp³-hybridized carbons (Fsp3) is 0.583. The first kappa shape index (κ1) is 11.8. The van der Waals surface area contributed by atoms with E-state index in [9.17, 15) is 9.90 Å². The third-order valence-electron chi connectivity index (χ3n) is 2.99. The molecule has 1 unspecified atom stereocenters. The summed E-state index contributed by atoms with van der Waals surface area (Å²) in [4.78, 5) is 10.5. The molecule has 3 heteroatoms. The van der Waals surface area contributed by atoms with Gasteiger partial charge in [-0.25, -0.2) is 0 Å². The highest BCUT2D eigenvalue weighted by Gasteiger charge is 2.32. The summed E-state index contributed by atoms with van der Waals surface area (Å²) in [7, 11) is 0. The van der Waals surface area contributed by atoms with Crippen LogP contribution in [0.5, 0.6) is 0 Å². The number of hydrogen-bond acceptors (Lipinski definition) is 2. The minimum Gasteiger partial charge on any atom is -0.508 e. The third-order valence-corrected chi connectivity index (χ3v) is 2.99. The number of carboxylic acids is 1. The van der Waals surface area contributed by atoms with E-state index in [1.165, 1.54) is 0 Å². The van der Waals surface area contributed by atoms with Crippen molar-refractivity contribution in [2.45, 2.75) is 33.6 Å². The van der Waals surface area contributed by atoms with Gasteiger partial charge in [-0.3, -0.25) is 4.79 Å². The zero-order chi connectivity index (χ0) is 11.6. The van der Waals surface area contributed by atoms with Gasteiger partial charge in [0.1, 0.15) is 5.76 Å². The number of carbonyl (C=O) groups is 1. The van der Waals surface area contributed by atoms with Gasteiger partial charge in [-0.1, -0.05) is 19.4 Å². The molecule has 0 aromatic heterocycles. The fourth-order valence-electron chi connectivity index (χ4n) is 2.31. The predicted octanol–water partition coefficient (Wildman–Crippen LogP) is 2.90. The van der Waals surface area contributed by atoms with Crippen LogP contribution in [0.25, 0.3) is 0 Å². The number of aliphatic carboxylic acids is 1. The molecule has 0 aliphatic heterocycles. The lowest BCUT2D eigenvalue weighted by atomic mass is 9.70. The minimum atomic E-state index is -0.766. The molecular formula is C12H18O3. The Labute approximate surface area is 90.1 Å². The molecule has 0 radical (unpaired) electrons. The number of rotatable bonds is 3. The largest absolute Gasteiger partial charge is 0.508 e. The number of carboxylic acid groups (broad SMARTS) is 1. The lowest BCUT2D eigenvalue weighted by Gasteiger charge is -2.35. The Hall–Kier alpha value is -1.25. The second-order valence-electron chi connectivity index (χ2n) is 4.76. The van der Waals surface area contributed by atoms with Gasteiger partial charge < -0.3 is 10.2 Å². The number of aliphatic hydroxyl groups is 1. The van der Waals surface area contributed by atoms with E-state index < -0.39 is 5.97 Å². The molecule has 0 bridgehead atoms. The van der Waals surface area contributed by atoms with Gasteiger partial charge in [0.25, 0.3) is 0 Å². The molecule has 0 heterocycles. The molecule has 2 N–H and O–H groups in total. The van der Waals surface area contributed by atoms with E-state index in [0.717, 1.165) is 5.57 Å². The van der Waals surface area contributed by atoms with Gasteiger partial charge in [0.2, 0.25) is 0 Å². The molecule has 0 amide bonds. The van der Waals surface area contributed by atoms with Gasteiger partial charge in [-0.05, 0) is 36.8 Å². The number of aliphatic hydroxyl groups excluding tert-OH is 1. The van der Waals surface area contributed by atoms with Crippen LogP contribution in [0.4, 0.5) is 0 Å². The first-order valence-electron chi connectivity index (χ1n) is 5.15. The average Bonchev–Trinajstić information content (AvgIpc) is 1.98. The Balaban J connectivity index is 2.80. The van der Waals surface area contributed by atoms with Crippen molar-refractivity contribution in [1.29, 1.82) is 0 Å². The maximum Gasteiger partial charge on any atom is 0.303 e. The summed E-state index contributed by atoms with van der Waals surface area (Å²) in [5, 5.41) is 18.1. The van der Waals surface area contributed by atoms with Gasteiger partial charge in [-0.15, -0.1) is 0 Å². The van der Waals surface area contributed by atoms with E-state index in [1.54, 1.807) is 12.2 Å². The Morgan fingerprint density at radius 1 is 1.53 bits per heavy atom. The second kappa shape index (κ2) is 4.09. The zero-order valence-electron chi connectivity index (χ0n) is 9.45. The first-order valence-corrected chi connectivity index (χ1v) is 5.15. The Bertz CT molecular complexity index is 324. The standard InChI is InChI=1S/C12H18O3/c1-8-6-9(13)7-12(2,3)10(8)4-5-11(14)15/h6-7,10,13H,4-5H2,1-3H3,(H,14,15). The van der Waals surface area contributed by atoms with Crippen LogP contribution in [0, 0.1) is 11.3 Å². The lowest BCUT2D eigenvalue weighted by molar-refractivity contribution is -0.137. The molecular weight excluding hydrogens is 192 g/mol. The van der Waals surface area contributed by atoms with E-state index in [-0.39, 0.29) is 23.5 Å². The lowest BCUT2D eigenvalue weighted by Crippen LogP contribution is -2.26. The van der Waals surface area contributed by atoms with Crippen molar-refractivity contribution in [3.05, 3.63) is 23.5 Å². The molecule has 3 nitrogen and oxygen atoms in total. The van der Waals surface area contributed by atoms with Crippen LogP contribution in [0.1, 0.15) is 33.6 Å². The molecule has 0 saturated carbocycles. The second-order valence-corrected chi connectivity index (χ2v) is 4.76. The molecule has 1 aliphatic rings. The molecule has 1 atom stereocenters. The molecule has 0 aromatic rings. The predicted molar refractivity (Wildman–Crippen MR) is 58.6 cm³/mol. The highest BCUT2D eigenvalue weighted by atomic mass is 16.4. The normalized spacial score (nSPS) is 24.3. The molecule has 0 fully saturated rings. The van der Waals surface area contributed by atoms with Gasteiger partial charge >= 0.3 is 5.97 Å². The van der Waals surface area contributed by atoms with E-state index in [4.69, 9.17) is 5.11 Å². The van der Waals surface area contributed by atoms with Crippen LogP contribution in [0.15, 0.2) is 23.5 Å². The molecule has 15 heavy (non-hydrogen) atoms. The van der Waals surface area contributed by atoms with E-state index >= 15 is 0 Å². The molecule has 0 saturated heterocycles. The fourth-order valence-corrected chi connectivity index (χ4v) is 2.31. The van der Waals surface area contributed by atoms with Crippen molar-refractivity contribution >= 4 is 5.97 Å². The Kier molecular flexibility index (Phi) is 3.22. The SMILES string of the molecule is CC1=CC(O)=CC(C)(C)C1CCC(=O)O. The monoisotopic (exact) mass is 210 g/mol. The summed E-state index contributed by atoms with van der Waals surface area (Å²) in [6, 6.07) is 0. The quantitative estimate of drug-likeness (QED) is 0.753. The molecule has 84 valence electrons. The molecule has 0 spiro atoms. The zero-order valence-corrected chi connectivity index (χ0v) is 9.45. The summed E-state index contributed by atoms with van der Waals surface area (Å²) in [6.45, 7) is 5.98. The maximum absolute atomic E-state index is 10.5. The number of allylic oxidation sites excluding steroid dienone is 3. The molecule has 0 aromatic carbocycles. The number of hydrogen-bond donors (Lipinski definition) is 2. The summed E-state index contributed by atoms with van der Waals surface area (Å²) in [5.41, 5.74) is 0.888. The van der Waals surface area contributed by atoms with Gasteiger partial charge in [0.05, 0.1) is 0 Å². The maximum atomic E-state index is 10.5. The highest BCUT2D eigenvalue weighted by molar-refractivity contribution is 5.66. The summed E-state index contributed by atoms with van der Waals surface area (Å²) >= 11 is 0. The van der Waals surface area contributed by atoms with Crippen molar-refractivity contribution in [2.75, 3.05) is 0 Å². The third kappa shape index (κ3) is 2.85.